The molecule has 0 aliphatic heterocycles. The van der Waals surface area contributed by atoms with E-state index in [0.717, 1.165) is 10.4 Å². The van der Waals surface area contributed by atoms with Crippen LogP contribution in [0.15, 0.2) is 34.9 Å². The summed E-state index contributed by atoms with van der Waals surface area (Å²) < 4.78 is 7.47. The summed E-state index contributed by atoms with van der Waals surface area (Å²) in [6.45, 7) is 3.57. The van der Waals surface area contributed by atoms with Gasteiger partial charge in [0, 0.05) is 12.1 Å². The molecule has 1 aromatic carbocycles. The van der Waals surface area contributed by atoms with Gasteiger partial charge in [-0.3, -0.25) is 4.79 Å². The number of carbonyl (C=O) groups excluding carboxylic acids is 1. The molecule has 1 N–H and O–H groups in total. The highest BCUT2D eigenvalue weighted by Crippen LogP contribution is 2.31. The molecule has 1 amide bonds. The second-order valence-electron chi connectivity index (χ2n) is 5.44. The van der Waals surface area contributed by atoms with Gasteiger partial charge >= 0.3 is 0 Å². The van der Waals surface area contributed by atoms with E-state index in [1.54, 1.807) is 29.8 Å². The van der Waals surface area contributed by atoms with Gasteiger partial charge in [-0.25, -0.2) is 4.98 Å². The molecule has 3 aromatic heterocycles. The van der Waals surface area contributed by atoms with Crippen LogP contribution < -0.4 is 5.32 Å². The maximum absolute atomic E-state index is 12.3. The van der Waals surface area contributed by atoms with Crippen LogP contribution in [0.25, 0.3) is 15.3 Å². The lowest BCUT2D eigenvalue weighted by Crippen LogP contribution is -2.15. The molecule has 0 aliphatic rings. The van der Waals surface area contributed by atoms with Gasteiger partial charge < -0.3 is 9.84 Å². The van der Waals surface area contributed by atoms with Gasteiger partial charge in [-0.1, -0.05) is 34.2 Å². The summed E-state index contributed by atoms with van der Waals surface area (Å²) in [5.41, 5.74) is 1.66. The Bertz CT molecular complexity index is 1100. The molecule has 0 spiro atoms. The summed E-state index contributed by atoms with van der Waals surface area (Å²) in [6.07, 6.45) is 0. The van der Waals surface area contributed by atoms with Crippen molar-refractivity contribution in [3.8, 4) is 5.13 Å². The number of rotatable bonds is 3. The average molecular weight is 374 g/mol. The summed E-state index contributed by atoms with van der Waals surface area (Å²) in [7, 11) is 0. The Morgan fingerprint density at radius 1 is 1.32 bits per heavy atom. The number of anilines is 1. The maximum Gasteiger partial charge on any atom is 0.279 e. The molecule has 0 fully saturated rings. The van der Waals surface area contributed by atoms with Crippen molar-refractivity contribution in [2.75, 3.05) is 5.32 Å². The molecule has 0 saturated heterocycles. The molecule has 3 heterocycles. The molecule has 0 unspecified atom stereocenters. The van der Waals surface area contributed by atoms with Crippen molar-refractivity contribution in [1.82, 2.24) is 19.9 Å². The van der Waals surface area contributed by atoms with E-state index in [9.17, 15) is 4.79 Å². The fourth-order valence-corrected chi connectivity index (χ4v) is 3.61. The van der Waals surface area contributed by atoms with Crippen LogP contribution in [0.4, 0.5) is 5.82 Å². The number of fused-ring (bicyclic) bond motifs is 1. The summed E-state index contributed by atoms with van der Waals surface area (Å²) in [4.78, 5) is 16.9. The first-order chi connectivity index (χ1) is 12.0. The van der Waals surface area contributed by atoms with E-state index < -0.39 is 0 Å². The lowest BCUT2D eigenvalue weighted by molar-refractivity contribution is 0.101. The number of nitrogens with zero attached hydrogens (tertiary/aromatic N) is 4. The van der Waals surface area contributed by atoms with E-state index in [4.69, 9.17) is 16.1 Å². The van der Waals surface area contributed by atoms with E-state index in [1.165, 1.54) is 11.3 Å². The van der Waals surface area contributed by atoms with Crippen LogP contribution in [0.3, 0.4) is 0 Å². The molecule has 0 aliphatic carbocycles. The largest absolute Gasteiger partial charge is 0.361 e. The molecule has 9 heteroatoms. The monoisotopic (exact) mass is 373 g/mol. The van der Waals surface area contributed by atoms with E-state index >= 15 is 0 Å². The summed E-state index contributed by atoms with van der Waals surface area (Å²) in [6, 6.07) is 8.93. The number of aromatic nitrogens is 4. The van der Waals surface area contributed by atoms with Crippen molar-refractivity contribution in [3.63, 3.8) is 0 Å². The van der Waals surface area contributed by atoms with Gasteiger partial charge in [-0.2, -0.15) is 9.78 Å². The zero-order chi connectivity index (χ0) is 17.6. The molecule has 4 rings (SSSR count). The first-order valence-electron chi connectivity index (χ1n) is 7.38. The third kappa shape index (κ3) is 2.90. The average Bonchev–Trinajstić information content (AvgIpc) is 3.26. The predicted molar refractivity (Wildman–Crippen MR) is 95.7 cm³/mol. The first-order valence-corrected chi connectivity index (χ1v) is 8.57. The zero-order valence-corrected chi connectivity index (χ0v) is 14.9. The van der Waals surface area contributed by atoms with Crippen LogP contribution in [0.1, 0.15) is 21.9 Å². The Morgan fingerprint density at radius 2 is 2.16 bits per heavy atom. The van der Waals surface area contributed by atoms with Gasteiger partial charge in [-0.05, 0) is 26.0 Å². The molecule has 25 heavy (non-hydrogen) atoms. The second kappa shape index (κ2) is 5.98. The number of benzene rings is 1. The van der Waals surface area contributed by atoms with Gasteiger partial charge in [0.2, 0.25) is 5.13 Å². The molecule has 126 valence electrons. The van der Waals surface area contributed by atoms with Gasteiger partial charge in [0.15, 0.2) is 5.69 Å². The third-order valence-corrected chi connectivity index (χ3v) is 4.77. The number of halogens is 1. The van der Waals surface area contributed by atoms with Crippen LogP contribution in [0.5, 0.6) is 0 Å². The molecular weight excluding hydrogens is 362 g/mol. The van der Waals surface area contributed by atoms with Crippen molar-refractivity contribution in [3.05, 3.63) is 52.5 Å². The molecule has 7 nitrogen and oxygen atoms in total. The number of carbonyl (C=O) groups is 1. The number of para-hydroxylation sites is 1. The number of hydrogen-bond donors (Lipinski definition) is 1. The highest BCUT2D eigenvalue weighted by atomic mass is 35.5. The Balaban J connectivity index is 1.73. The summed E-state index contributed by atoms with van der Waals surface area (Å²) >= 11 is 7.63. The Morgan fingerprint density at radius 3 is 2.88 bits per heavy atom. The van der Waals surface area contributed by atoms with E-state index in [1.807, 2.05) is 19.1 Å². The first kappa shape index (κ1) is 15.8. The number of amides is 1. The number of nitrogens with one attached hydrogen (secondary N) is 1. The van der Waals surface area contributed by atoms with Crippen LogP contribution in [-0.2, 0) is 0 Å². The SMILES string of the molecule is Cc1cc(NC(=O)c2cc(C)on2)n(-c2nc3c(Cl)cccc3s2)n1. The van der Waals surface area contributed by atoms with Gasteiger partial charge in [0.1, 0.15) is 17.1 Å². The third-order valence-electron chi connectivity index (χ3n) is 3.47. The quantitative estimate of drug-likeness (QED) is 0.586. The van der Waals surface area contributed by atoms with E-state index in [0.29, 0.717) is 27.2 Å². The highest BCUT2D eigenvalue weighted by molar-refractivity contribution is 7.20. The van der Waals surface area contributed by atoms with Gasteiger partial charge in [-0.15, -0.1) is 0 Å². The normalized spacial score (nSPS) is 11.2. The minimum atomic E-state index is -0.378. The second-order valence-corrected chi connectivity index (χ2v) is 6.86. The van der Waals surface area contributed by atoms with Crippen molar-refractivity contribution in [1.29, 1.82) is 0 Å². The van der Waals surface area contributed by atoms with Crippen molar-refractivity contribution < 1.29 is 9.32 Å². The maximum atomic E-state index is 12.3. The fourth-order valence-electron chi connectivity index (χ4n) is 2.38. The van der Waals surface area contributed by atoms with Crippen molar-refractivity contribution >= 4 is 44.9 Å². The molecular formula is C16H12ClN5O2S. The van der Waals surface area contributed by atoms with Crippen LogP contribution in [-0.4, -0.2) is 25.8 Å². The van der Waals surface area contributed by atoms with E-state index in [2.05, 4.69) is 20.6 Å². The smallest absolute Gasteiger partial charge is 0.279 e. The number of aryl methyl sites for hydroxylation is 2. The molecule has 0 saturated carbocycles. The fraction of sp³-hybridized carbons (Fsp3) is 0.125. The molecule has 0 bridgehead atoms. The van der Waals surface area contributed by atoms with E-state index in [-0.39, 0.29) is 11.6 Å². The number of hydrogen-bond acceptors (Lipinski definition) is 6. The lowest BCUT2D eigenvalue weighted by atomic mass is 10.3. The Kier molecular flexibility index (Phi) is 3.78. The Labute approximate surface area is 151 Å². The van der Waals surface area contributed by atoms with Gasteiger partial charge in [0.25, 0.3) is 5.91 Å². The number of thiazole rings is 1. The summed E-state index contributed by atoms with van der Waals surface area (Å²) in [5.74, 6) is 0.686. The minimum Gasteiger partial charge on any atom is -0.361 e. The highest BCUT2D eigenvalue weighted by Gasteiger charge is 2.18. The Hall–Kier alpha value is -2.71. The topological polar surface area (TPSA) is 85.8 Å². The van der Waals surface area contributed by atoms with Crippen molar-refractivity contribution in [2.45, 2.75) is 13.8 Å². The molecule has 0 atom stereocenters. The van der Waals surface area contributed by atoms with Crippen LogP contribution in [0, 0.1) is 13.8 Å². The minimum absolute atomic E-state index is 0.204. The molecule has 0 radical (unpaired) electrons. The van der Waals surface area contributed by atoms with Crippen LogP contribution in [0.2, 0.25) is 5.02 Å². The zero-order valence-electron chi connectivity index (χ0n) is 13.3. The predicted octanol–water partition coefficient (Wildman–Crippen LogP) is 3.99. The summed E-state index contributed by atoms with van der Waals surface area (Å²) in [5, 5.41) is 12.1. The molecule has 4 aromatic rings. The lowest BCUT2D eigenvalue weighted by Gasteiger charge is -2.04. The van der Waals surface area contributed by atoms with Crippen LogP contribution >= 0.6 is 22.9 Å². The van der Waals surface area contributed by atoms with Crippen molar-refractivity contribution in [2.24, 2.45) is 0 Å². The standard InChI is InChI=1S/C16H12ClN5O2S/c1-8-6-13(18-15(23)11-7-9(2)24-21-11)22(20-8)16-19-14-10(17)4-3-5-12(14)25-16/h3-7H,1-2H3,(H,18,23). The van der Waals surface area contributed by atoms with Gasteiger partial charge in [0.05, 0.1) is 15.4 Å².